The largest absolute Gasteiger partial charge is 0.481 e. The highest BCUT2D eigenvalue weighted by atomic mass is 32.2. The Morgan fingerprint density at radius 2 is 1.94 bits per heavy atom. The summed E-state index contributed by atoms with van der Waals surface area (Å²) < 4.78 is 0. The third-order valence-electron chi connectivity index (χ3n) is 3.55. The van der Waals surface area contributed by atoms with Crippen molar-refractivity contribution in [3.05, 3.63) is 0 Å². The van der Waals surface area contributed by atoms with Crippen LogP contribution >= 0.6 is 11.8 Å². The van der Waals surface area contributed by atoms with Crippen LogP contribution < -0.4 is 0 Å². The van der Waals surface area contributed by atoms with Crippen LogP contribution in [0.3, 0.4) is 0 Å². The Kier molecular flexibility index (Phi) is 4.37. The van der Waals surface area contributed by atoms with E-state index in [0.717, 1.165) is 25.3 Å². The highest BCUT2D eigenvalue weighted by Gasteiger charge is 2.31. The lowest BCUT2D eigenvalue weighted by atomic mass is 9.98. The molecule has 2 unspecified atom stereocenters. The molecule has 2 fully saturated rings. The van der Waals surface area contributed by atoms with Gasteiger partial charge in [0.15, 0.2) is 0 Å². The maximum Gasteiger partial charge on any atom is 0.320 e. The van der Waals surface area contributed by atoms with Gasteiger partial charge in [-0.1, -0.05) is 6.92 Å². The van der Waals surface area contributed by atoms with Crippen LogP contribution in [0, 0.1) is 5.92 Å². The number of rotatable bonds is 1. The van der Waals surface area contributed by atoms with Gasteiger partial charge >= 0.3 is 12.0 Å². The quantitative estimate of drug-likeness (QED) is 0.782. The minimum absolute atomic E-state index is 0.0214. The first kappa shape index (κ1) is 13.5. The minimum atomic E-state index is -0.782. The average molecular weight is 272 g/mol. The zero-order chi connectivity index (χ0) is 13.1. The van der Waals surface area contributed by atoms with Crippen LogP contribution in [0.1, 0.15) is 19.8 Å². The van der Waals surface area contributed by atoms with Crippen LogP contribution in [0.4, 0.5) is 4.79 Å². The Balaban J connectivity index is 1.93. The molecular formula is C12H20N2O3S. The zero-order valence-electron chi connectivity index (χ0n) is 10.7. The summed E-state index contributed by atoms with van der Waals surface area (Å²) in [7, 11) is 0. The Hall–Kier alpha value is -0.910. The number of nitrogens with zero attached hydrogens (tertiary/aromatic N) is 2. The van der Waals surface area contributed by atoms with E-state index in [9.17, 15) is 9.59 Å². The summed E-state index contributed by atoms with van der Waals surface area (Å²) in [4.78, 5) is 26.9. The number of hydrogen-bond acceptors (Lipinski definition) is 3. The van der Waals surface area contributed by atoms with Gasteiger partial charge in [-0.3, -0.25) is 4.79 Å². The third kappa shape index (κ3) is 3.10. The van der Waals surface area contributed by atoms with Gasteiger partial charge in [0.1, 0.15) is 0 Å². The molecule has 6 heteroatoms. The van der Waals surface area contributed by atoms with Gasteiger partial charge < -0.3 is 14.9 Å². The Bertz CT molecular complexity index is 337. The van der Waals surface area contributed by atoms with Crippen molar-refractivity contribution < 1.29 is 14.7 Å². The van der Waals surface area contributed by atoms with E-state index in [4.69, 9.17) is 5.11 Å². The van der Waals surface area contributed by atoms with Crippen LogP contribution in [0.15, 0.2) is 0 Å². The second-order valence-corrected chi connectivity index (χ2v) is 6.58. The van der Waals surface area contributed by atoms with E-state index < -0.39 is 5.97 Å². The molecule has 0 aromatic rings. The van der Waals surface area contributed by atoms with Crippen molar-refractivity contribution in [1.82, 2.24) is 9.80 Å². The molecule has 2 aliphatic heterocycles. The smallest absolute Gasteiger partial charge is 0.320 e. The summed E-state index contributed by atoms with van der Waals surface area (Å²) in [5.41, 5.74) is 0. The fourth-order valence-corrected chi connectivity index (χ4v) is 3.56. The molecule has 102 valence electrons. The molecule has 0 bridgehead atoms. The maximum absolute atomic E-state index is 12.3. The molecule has 2 aliphatic rings. The number of aliphatic carboxylic acids is 1. The zero-order valence-corrected chi connectivity index (χ0v) is 11.5. The van der Waals surface area contributed by atoms with Gasteiger partial charge in [-0.2, -0.15) is 11.8 Å². The Labute approximate surface area is 112 Å². The molecule has 0 spiro atoms. The number of hydrogen-bond donors (Lipinski definition) is 1. The summed E-state index contributed by atoms with van der Waals surface area (Å²) in [5.74, 6) is -0.197. The maximum atomic E-state index is 12.3. The van der Waals surface area contributed by atoms with Crippen molar-refractivity contribution in [2.45, 2.75) is 25.0 Å². The summed E-state index contributed by atoms with van der Waals surface area (Å²) >= 11 is 1.88. The van der Waals surface area contributed by atoms with Crippen molar-refractivity contribution in [2.24, 2.45) is 5.92 Å². The molecule has 2 amide bonds. The van der Waals surface area contributed by atoms with Crippen LogP contribution in [0.2, 0.25) is 0 Å². The van der Waals surface area contributed by atoms with Gasteiger partial charge in [-0.15, -0.1) is 0 Å². The van der Waals surface area contributed by atoms with Gasteiger partial charge in [0.2, 0.25) is 0 Å². The topological polar surface area (TPSA) is 60.9 Å². The lowest BCUT2D eigenvalue weighted by Crippen LogP contribution is -2.51. The first-order valence-electron chi connectivity index (χ1n) is 6.46. The highest BCUT2D eigenvalue weighted by Crippen LogP contribution is 2.22. The summed E-state index contributed by atoms with van der Waals surface area (Å²) in [5, 5.41) is 9.51. The third-order valence-corrected chi connectivity index (χ3v) is 4.69. The SMILES string of the molecule is CC1CN(C(=O)N2CCCC(C(=O)O)C2)CCS1. The average Bonchev–Trinajstić information content (AvgIpc) is 2.38. The number of urea groups is 1. The standard InChI is InChI=1S/C12H20N2O3S/c1-9-7-14(5-6-18-9)12(17)13-4-2-3-10(8-13)11(15)16/h9-10H,2-8H2,1H3,(H,15,16). The van der Waals surface area contributed by atoms with Crippen molar-refractivity contribution in [1.29, 1.82) is 0 Å². The molecule has 2 rings (SSSR count). The molecule has 2 heterocycles. The van der Waals surface area contributed by atoms with Crippen LogP contribution in [0.5, 0.6) is 0 Å². The number of carboxylic acids is 1. The fourth-order valence-electron chi connectivity index (χ4n) is 2.54. The monoisotopic (exact) mass is 272 g/mol. The van der Waals surface area contributed by atoms with E-state index in [1.807, 2.05) is 16.7 Å². The van der Waals surface area contributed by atoms with Crippen molar-refractivity contribution in [3.8, 4) is 0 Å². The van der Waals surface area contributed by atoms with Crippen molar-refractivity contribution >= 4 is 23.8 Å². The number of carboxylic acid groups (broad SMARTS) is 1. The lowest BCUT2D eigenvalue weighted by molar-refractivity contribution is -0.143. The first-order valence-corrected chi connectivity index (χ1v) is 7.51. The predicted octanol–water partition coefficient (Wildman–Crippen LogP) is 1.34. The highest BCUT2D eigenvalue weighted by molar-refractivity contribution is 7.99. The first-order chi connectivity index (χ1) is 8.58. The molecule has 2 atom stereocenters. The molecule has 18 heavy (non-hydrogen) atoms. The van der Waals surface area contributed by atoms with Crippen LogP contribution in [-0.4, -0.2) is 64.1 Å². The molecule has 1 N–H and O–H groups in total. The predicted molar refractivity (Wildman–Crippen MR) is 70.8 cm³/mol. The lowest BCUT2D eigenvalue weighted by Gasteiger charge is -2.38. The normalized spacial score (nSPS) is 29.2. The summed E-state index contributed by atoms with van der Waals surface area (Å²) in [6.07, 6.45) is 1.48. The summed E-state index contributed by atoms with van der Waals surface area (Å²) in [6.45, 7) is 4.74. The number of piperidine rings is 1. The van der Waals surface area contributed by atoms with E-state index in [1.54, 1.807) is 4.90 Å². The molecule has 0 saturated carbocycles. The van der Waals surface area contributed by atoms with E-state index in [1.165, 1.54) is 0 Å². The van der Waals surface area contributed by atoms with Gasteiger partial charge in [-0.25, -0.2) is 4.79 Å². The molecule has 5 nitrogen and oxygen atoms in total. The second-order valence-electron chi connectivity index (χ2n) is 5.03. The van der Waals surface area contributed by atoms with Crippen LogP contribution in [-0.2, 0) is 4.79 Å². The number of likely N-dealkylation sites (tertiary alicyclic amines) is 1. The van der Waals surface area contributed by atoms with E-state index in [0.29, 0.717) is 24.8 Å². The fraction of sp³-hybridized carbons (Fsp3) is 0.833. The Morgan fingerprint density at radius 1 is 1.22 bits per heavy atom. The molecule has 0 aliphatic carbocycles. The van der Waals surface area contributed by atoms with Crippen molar-refractivity contribution in [3.63, 3.8) is 0 Å². The van der Waals surface area contributed by atoms with Gasteiger partial charge in [0, 0.05) is 37.2 Å². The van der Waals surface area contributed by atoms with Gasteiger partial charge in [0.05, 0.1) is 5.92 Å². The molecular weight excluding hydrogens is 252 g/mol. The van der Waals surface area contributed by atoms with E-state index in [-0.39, 0.29) is 11.9 Å². The molecule has 0 aromatic carbocycles. The molecule has 2 saturated heterocycles. The van der Waals surface area contributed by atoms with Crippen molar-refractivity contribution in [2.75, 3.05) is 31.9 Å². The Morgan fingerprint density at radius 3 is 2.61 bits per heavy atom. The van der Waals surface area contributed by atoms with Crippen LogP contribution in [0.25, 0.3) is 0 Å². The number of thioether (sulfide) groups is 1. The second kappa shape index (κ2) is 5.82. The van der Waals surface area contributed by atoms with E-state index >= 15 is 0 Å². The van der Waals surface area contributed by atoms with Gasteiger partial charge in [-0.05, 0) is 12.8 Å². The number of carbonyl (C=O) groups is 2. The number of amides is 2. The summed E-state index contributed by atoms with van der Waals surface area (Å²) in [6, 6.07) is 0.0214. The van der Waals surface area contributed by atoms with E-state index in [2.05, 4.69) is 6.92 Å². The minimum Gasteiger partial charge on any atom is -0.481 e. The number of carbonyl (C=O) groups excluding carboxylic acids is 1. The molecule has 0 aromatic heterocycles. The van der Waals surface area contributed by atoms with Gasteiger partial charge in [0.25, 0.3) is 0 Å². The molecule has 0 radical (unpaired) electrons.